The van der Waals surface area contributed by atoms with Crippen LogP contribution in [-0.4, -0.2) is 24.8 Å². The average molecular weight is 202 g/mol. The first-order valence-electron chi connectivity index (χ1n) is 5.46. The van der Waals surface area contributed by atoms with Gasteiger partial charge in [-0.15, -0.1) is 0 Å². The summed E-state index contributed by atoms with van der Waals surface area (Å²) in [6.07, 6.45) is 3.02. The fourth-order valence-electron chi connectivity index (χ4n) is 2.06. The molecule has 1 fully saturated rings. The lowest BCUT2D eigenvalue weighted by atomic mass is 9.84. The second-order valence-electron chi connectivity index (χ2n) is 4.11. The van der Waals surface area contributed by atoms with E-state index in [0.717, 1.165) is 19.3 Å². The van der Waals surface area contributed by atoms with Gasteiger partial charge in [0.15, 0.2) is 0 Å². The van der Waals surface area contributed by atoms with Crippen molar-refractivity contribution in [3.63, 3.8) is 0 Å². The van der Waals surface area contributed by atoms with Crippen LogP contribution in [0, 0.1) is 5.92 Å². The summed E-state index contributed by atoms with van der Waals surface area (Å²) in [5.41, 5.74) is 12.0. The molecule has 0 aliphatic carbocycles. The molecule has 1 rings (SSSR count). The average Bonchev–Trinajstić information content (AvgIpc) is 2.19. The molecular formula is C10H22N2O2. The molecule has 1 saturated heterocycles. The van der Waals surface area contributed by atoms with Gasteiger partial charge in [0.25, 0.3) is 0 Å². The van der Waals surface area contributed by atoms with E-state index < -0.39 is 0 Å². The first kappa shape index (κ1) is 11.9. The smallest absolute Gasteiger partial charge is 0.0988 e. The Kier molecular flexibility index (Phi) is 4.81. The summed E-state index contributed by atoms with van der Waals surface area (Å²) >= 11 is 0. The highest BCUT2D eigenvalue weighted by molar-refractivity contribution is 4.85. The number of nitrogens with two attached hydrogens (primary N) is 2. The molecule has 0 amide bonds. The van der Waals surface area contributed by atoms with Gasteiger partial charge in [0, 0.05) is 18.0 Å². The highest BCUT2D eigenvalue weighted by Crippen LogP contribution is 2.24. The molecule has 4 unspecified atom stereocenters. The van der Waals surface area contributed by atoms with E-state index in [0.29, 0.717) is 6.61 Å². The third-order valence-electron chi connectivity index (χ3n) is 2.91. The zero-order valence-electron chi connectivity index (χ0n) is 9.11. The van der Waals surface area contributed by atoms with E-state index in [1.807, 2.05) is 6.92 Å². The van der Waals surface area contributed by atoms with E-state index in [-0.39, 0.29) is 24.1 Å². The minimum absolute atomic E-state index is 0.0525. The van der Waals surface area contributed by atoms with E-state index in [4.69, 9.17) is 21.2 Å². The normalized spacial score (nSPS) is 29.6. The van der Waals surface area contributed by atoms with E-state index in [2.05, 4.69) is 6.92 Å². The summed E-state index contributed by atoms with van der Waals surface area (Å²) in [5, 5.41) is 0. The molecule has 0 bridgehead atoms. The molecule has 0 aromatic carbocycles. The predicted octanol–water partition coefficient (Wildman–Crippen LogP) is 0.798. The maximum atomic E-state index is 6.03. The Labute approximate surface area is 85.9 Å². The Bertz CT molecular complexity index is 158. The minimum atomic E-state index is 0.0525. The third kappa shape index (κ3) is 2.92. The lowest BCUT2D eigenvalue weighted by Crippen LogP contribution is -2.49. The van der Waals surface area contributed by atoms with Gasteiger partial charge in [0.1, 0.15) is 0 Å². The lowest BCUT2D eigenvalue weighted by Gasteiger charge is -2.35. The third-order valence-corrected chi connectivity index (χ3v) is 2.91. The van der Waals surface area contributed by atoms with Gasteiger partial charge in [-0.1, -0.05) is 6.92 Å². The van der Waals surface area contributed by atoms with Crippen LogP contribution in [0.1, 0.15) is 33.1 Å². The van der Waals surface area contributed by atoms with Gasteiger partial charge < -0.3 is 11.5 Å². The van der Waals surface area contributed by atoms with E-state index in [1.165, 1.54) is 0 Å². The molecule has 0 radical (unpaired) electrons. The van der Waals surface area contributed by atoms with Crippen molar-refractivity contribution in [2.24, 2.45) is 17.4 Å². The topological polar surface area (TPSA) is 70.5 Å². The Morgan fingerprint density at radius 1 is 1.43 bits per heavy atom. The van der Waals surface area contributed by atoms with Crippen LogP contribution in [0.4, 0.5) is 0 Å². The van der Waals surface area contributed by atoms with Crippen molar-refractivity contribution < 1.29 is 9.78 Å². The van der Waals surface area contributed by atoms with Gasteiger partial charge >= 0.3 is 0 Å². The van der Waals surface area contributed by atoms with E-state index >= 15 is 0 Å². The van der Waals surface area contributed by atoms with E-state index in [1.54, 1.807) is 0 Å². The fourth-order valence-corrected chi connectivity index (χ4v) is 2.06. The highest BCUT2D eigenvalue weighted by Gasteiger charge is 2.32. The molecule has 0 aromatic rings. The van der Waals surface area contributed by atoms with Crippen LogP contribution in [0.3, 0.4) is 0 Å². The first-order valence-corrected chi connectivity index (χ1v) is 5.46. The van der Waals surface area contributed by atoms with Crippen LogP contribution >= 0.6 is 0 Å². The quantitative estimate of drug-likeness (QED) is 0.661. The Hall–Kier alpha value is -0.160. The molecular weight excluding hydrogens is 180 g/mol. The molecule has 0 aromatic heterocycles. The zero-order valence-corrected chi connectivity index (χ0v) is 9.11. The molecule has 14 heavy (non-hydrogen) atoms. The van der Waals surface area contributed by atoms with Crippen LogP contribution in [0.25, 0.3) is 0 Å². The van der Waals surface area contributed by atoms with Crippen LogP contribution in [-0.2, 0) is 9.78 Å². The molecule has 4 N–H and O–H groups in total. The molecule has 1 aliphatic rings. The monoisotopic (exact) mass is 202 g/mol. The summed E-state index contributed by atoms with van der Waals surface area (Å²) in [6, 6.07) is 0.151. The lowest BCUT2D eigenvalue weighted by molar-refractivity contribution is -0.355. The van der Waals surface area contributed by atoms with Gasteiger partial charge in [-0.2, -0.15) is 0 Å². The van der Waals surface area contributed by atoms with Crippen LogP contribution in [0.2, 0.25) is 0 Å². The fraction of sp³-hybridized carbons (Fsp3) is 1.00. The van der Waals surface area contributed by atoms with Gasteiger partial charge in [-0.25, -0.2) is 9.78 Å². The van der Waals surface area contributed by atoms with Gasteiger partial charge in [-0.3, -0.25) is 0 Å². The van der Waals surface area contributed by atoms with Crippen molar-refractivity contribution >= 4 is 0 Å². The summed E-state index contributed by atoms with van der Waals surface area (Å²) in [7, 11) is 0. The molecule has 0 spiro atoms. The van der Waals surface area contributed by atoms with Crippen molar-refractivity contribution in [3.8, 4) is 0 Å². The molecule has 0 saturated carbocycles. The number of hydrogen-bond donors (Lipinski definition) is 2. The zero-order chi connectivity index (χ0) is 10.6. The van der Waals surface area contributed by atoms with Crippen molar-refractivity contribution in [1.82, 2.24) is 0 Å². The largest absolute Gasteiger partial charge is 0.328 e. The van der Waals surface area contributed by atoms with Crippen LogP contribution in [0.5, 0.6) is 0 Å². The van der Waals surface area contributed by atoms with E-state index in [9.17, 15) is 0 Å². The number of hydrogen-bond acceptors (Lipinski definition) is 4. The maximum Gasteiger partial charge on any atom is 0.0988 e. The van der Waals surface area contributed by atoms with Crippen molar-refractivity contribution in [2.45, 2.75) is 51.3 Å². The van der Waals surface area contributed by atoms with Crippen LogP contribution < -0.4 is 11.5 Å². The minimum Gasteiger partial charge on any atom is -0.328 e. The maximum absolute atomic E-state index is 6.03. The SMILES string of the molecule is CCC(N)C(C(C)N)C1CCCOO1. The summed E-state index contributed by atoms with van der Waals surface area (Å²) in [6.45, 7) is 4.74. The Balaban J connectivity index is 2.56. The highest BCUT2D eigenvalue weighted by atomic mass is 17.2. The standard InChI is InChI=1S/C10H22N2O2/c1-3-8(12)10(7(2)11)9-5-4-6-13-14-9/h7-10H,3-6,11-12H2,1-2H3. The van der Waals surface area contributed by atoms with Crippen molar-refractivity contribution in [3.05, 3.63) is 0 Å². The predicted molar refractivity (Wildman–Crippen MR) is 55.5 cm³/mol. The molecule has 4 nitrogen and oxygen atoms in total. The molecule has 84 valence electrons. The second-order valence-corrected chi connectivity index (χ2v) is 4.11. The summed E-state index contributed by atoms with van der Waals surface area (Å²) in [5.74, 6) is 0.195. The summed E-state index contributed by atoms with van der Waals surface area (Å²) in [4.78, 5) is 10.3. The molecule has 4 atom stereocenters. The van der Waals surface area contributed by atoms with Crippen LogP contribution in [0.15, 0.2) is 0 Å². The van der Waals surface area contributed by atoms with Gasteiger partial charge in [-0.05, 0) is 26.2 Å². The van der Waals surface area contributed by atoms with Crippen molar-refractivity contribution in [2.75, 3.05) is 6.61 Å². The molecule has 4 heteroatoms. The molecule has 1 aliphatic heterocycles. The van der Waals surface area contributed by atoms with Crippen molar-refractivity contribution in [1.29, 1.82) is 0 Å². The van der Waals surface area contributed by atoms with Gasteiger partial charge in [0.2, 0.25) is 0 Å². The Morgan fingerprint density at radius 2 is 2.14 bits per heavy atom. The molecule has 1 heterocycles. The van der Waals surface area contributed by atoms with Gasteiger partial charge in [0.05, 0.1) is 12.7 Å². The number of rotatable bonds is 4. The Morgan fingerprint density at radius 3 is 2.57 bits per heavy atom. The second kappa shape index (κ2) is 5.66. The first-order chi connectivity index (χ1) is 6.66. The summed E-state index contributed by atoms with van der Waals surface area (Å²) < 4.78 is 0.